The lowest BCUT2D eigenvalue weighted by molar-refractivity contribution is -0.147. The van der Waals surface area contributed by atoms with Crippen LogP contribution in [0.25, 0.3) is 21.9 Å². The van der Waals surface area contributed by atoms with Gasteiger partial charge in [0.1, 0.15) is 17.3 Å². The van der Waals surface area contributed by atoms with Gasteiger partial charge in [0.15, 0.2) is 0 Å². The van der Waals surface area contributed by atoms with Crippen molar-refractivity contribution in [3.05, 3.63) is 48.0 Å². The molecule has 0 saturated heterocycles. The number of rotatable bonds is 5. The molecule has 0 aliphatic carbocycles. The molecule has 2 atom stereocenters. The Hall–Kier alpha value is -2.37. The fourth-order valence-corrected chi connectivity index (χ4v) is 2.71. The van der Waals surface area contributed by atoms with E-state index in [2.05, 4.69) is 0 Å². The van der Waals surface area contributed by atoms with Crippen molar-refractivity contribution in [1.82, 2.24) is 0 Å². The first kappa shape index (κ1) is 15.5. The lowest BCUT2D eigenvalue weighted by Crippen LogP contribution is -2.23. The zero-order valence-corrected chi connectivity index (χ0v) is 12.7. The number of esters is 1. The van der Waals surface area contributed by atoms with E-state index in [1.807, 2.05) is 30.3 Å². The van der Waals surface area contributed by atoms with Crippen LogP contribution in [0.1, 0.15) is 25.0 Å². The molecule has 3 aromatic rings. The number of carbonyl (C=O) groups is 1. The van der Waals surface area contributed by atoms with Crippen LogP contribution in [0.3, 0.4) is 0 Å². The smallest absolute Gasteiger partial charge is 0.308 e. The van der Waals surface area contributed by atoms with Crippen LogP contribution >= 0.6 is 0 Å². The van der Waals surface area contributed by atoms with E-state index in [4.69, 9.17) is 9.15 Å². The van der Waals surface area contributed by atoms with Crippen LogP contribution in [0, 0.1) is 0 Å². The number of aliphatic hydroxyl groups excluding tert-OH is 2. The quantitative estimate of drug-likeness (QED) is 0.708. The molecule has 0 radical (unpaired) electrons. The summed E-state index contributed by atoms with van der Waals surface area (Å²) >= 11 is 0. The van der Waals surface area contributed by atoms with Gasteiger partial charge in [-0.05, 0) is 13.0 Å². The van der Waals surface area contributed by atoms with Crippen molar-refractivity contribution in [1.29, 1.82) is 0 Å². The van der Waals surface area contributed by atoms with Gasteiger partial charge in [-0.3, -0.25) is 4.79 Å². The van der Waals surface area contributed by atoms with Crippen LogP contribution in [-0.4, -0.2) is 28.9 Å². The van der Waals surface area contributed by atoms with Crippen molar-refractivity contribution in [3.63, 3.8) is 0 Å². The Morgan fingerprint density at radius 3 is 2.65 bits per heavy atom. The SMILES string of the molecule is CCOC(=O)CC(O)C(O)c1cccc2c1oc1ccccc12. The maximum Gasteiger partial charge on any atom is 0.308 e. The predicted octanol–water partition coefficient (Wildman–Crippen LogP) is 2.93. The van der Waals surface area contributed by atoms with Gasteiger partial charge >= 0.3 is 5.97 Å². The minimum Gasteiger partial charge on any atom is -0.466 e. The molecule has 5 nitrogen and oxygen atoms in total. The number of carbonyl (C=O) groups excluding carboxylic acids is 1. The highest BCUT2D eigenvalue weighted by molar-refractivity contribution is 6.05. The molecule has 1 aromatic heterocycles. The van der Waals surface area contributed by atoms with E-state index in [0.717, 1.165) is 10.8 Å². The largest absolute Gasteiger partial charge is 0.466 e. The van der Waals surface area contributed by atoms with E-state index >= 15 is 0 Å². The van der Waals surface area contributed by atoms with E-state index in [1.54, 1.807) is 19.1 Å². The van der Waals surface area contributed by atoms with Crippen molar-refractivity contribution in [3.8, 4) is 0 Å². The number of hydrogen-bond acceptors (Lipinski definition) is 5. The molecule has 0 aliphatic rings. The highest BCUT2D eigenvalue weighted by Gasteiger charge is 2.25. The summed E-state index contributed by atoms with van der Waals surface area (Å²) in [5.74, 6) is -0.546. The summed E-state index contributed by atoms with van der Waals surface area (Å²) in [7, 11) is 0. The summed E-state index contributed by atoms with van der Waals surface area (Å²) < 4.78 is 10.6. The van der Waals surface area contributed by atoms with Crippen LogP contribution < -0.4 is 0 Å². The zero-order chi connectivity index (χ0) is 16.4. The topological polar surface area (TPSA) is 79.9 Å². The van der Waals surface area contributed by atoms with E-state index in [0.29, 0.717) is 16.7 Å². The zero-order valence-electron chi connectivity index (χ0n) is 12.7. The summed E-state index contributed by atoms with van der Waals surface area (Å²) in [6, 6.07) is 12.9. The maximum absolute atomic E-state index is 11.5. The Balaban J connectivity index is 1.97. The molecule has 5 heteroatoms. The molecule has 2 N–H and O–H groups in total. The summed E-state index contributed by atoms with van der Waals surface area (Å²) in [6.07, 6.45) is -2.76. The molecule has 0 saturated carbocycles. The van der Waals surface area contributed by atoms with Gasteiger partial charge in [0.2, 0.25) is 0 Å². The van der Waals surface area contributed by atoms with E-state index in [1.165, 1.54) is 0 Å². The molecular formula is C18H18O5. The molecule has 1 heterocycles. The molecule has 2 aromatic carbocycles. The Kier molecular flexibility index (Phi) is 4.32. The molecule has 0 fully saturated rings. The van der Waals surface area contributed by atoms with Gasteiger partial charge in [0.05, 0.1) is 19.1 Å². The molecule has 23 heavy (non-hydrogen) atoms. The Labute approximate surface area is 133 Å². The van der Waals surface area contributed by atoms with Gasteiger partial charge in [-0.2, -0.15) is 0 Å². The average molecular weight is 314 g/mol. The first-order valence-corrected chi connectivity index (χ1v) is 7.53. The van der Waals surface area contributed by atoms with Crippen molar-refractivity contribution < 1.29 is 24.2 Å². The second kappa shape index (κ2) is 6.40. The molecule has 0 aliphatic heterocycles. The molecule has 0 spiro atoms. The van der Waals surface area contributed by atoms with Crippen LogP contribution in [0.2, 0.25) is 0 Å². The molecule has 2 unspecified atom stereocenters. The highest BCUT2D eigenvalue weighted by atomic mass is 16.5. The van der Waals surface area contributed by atoms with Crippen LogP contribution in [0.15, 0.2) is 46.9 Å². The van der Waals surface area contributed by atoms with Gasteiger partial charge in [-0.15, -0.1) is 0 Å². The van der Waals surface area contributed by atoms with Gasteiger partial charge in [-0.1, -0.05) is 36.4 Å². The third kappa shape index (κ3) is 2.93. The highest BCUT2D eigenvalue weighted by Crippen LogP contribution is 2.34. The lowest BCUT2D eigenvalue weighted by Gasteiger charge is -2.17. The van der Waals surface area contributed by atoms with Crippen LogP contribution in [-0.2, 0) is 9.53 Å². The Morgan fingerprint density at radius 1 is 1.13 bits per heavy atom. The summed E-state index contributed by atoms with van der Waals surface area (Å²) in [6.45, 7) is 1.93. The van der Waals surface area contributed by atoms with Gasteiger partial charge < -0.3 is 19.4 Å². The standard InChI is InChI=1S/C18H18O5/c1-2-22-16(20)10-14(19)17(21)13-8-5-7-12-11-6-3-4-9-15(11)23-18(12)13/h3-9,14,17,19,21H,2,10H2,1H3. The minimum atomic E-state index is -1.26. The summed E-state index contributed by atoms with van der Waals surface area (Å²) in [5, 5.41) is 22.3. The van der Waals surface area contributed by atoms with Crippen LogP contribution in [0.5, 0.6) is 0 Å². The molecule has 3 rings (SSSR count). The number of para-hydroxylation sites is 2. The van der Waals surface area contributed by atoms with Crippen molar-refractivity contribution in [2.24, 2.45) is 0 Å². The van der Waals surface area contributed by atoms with Gasteiger partial charge in [0.25, 0.3) is 0 Å². The van der Waals surface area contributed by atoms with E-state index < -0.39 is 18.2 Å². The monoisotopic (exact) mass is 314 g/mol. The lowest BCUT2D eigenvalue weighted by atomic mass is 9.99. The second-order valence-corrected chi connectivity index (χ2v) is 5.34. The molecule has 120 valence electrons. The number of fused-ring (bicyclic) bond motifs is 3. The minimum absolute atomic E-state index is 0.237. The van der Waals surface area contributed by atoms with Gasteiger partial charge in [0, 0.05) is 16.3 Å². The number of hydrogen-bond donors (Lipinski definition) is 2. The van der Waals surface area contributed by atoms with Crippen LogP contribution in [0.4, 0.5) is 0 Å². The average Bonchev–Trinajstić information content (AvgIpc) is 2.93. The molecule has 0 bridgehead atoms. The number of benzene rings is 2. The van der Waals surface area contributed by atoms with Crippen molar-refractivity contribution >= 4 is 27.9 Å². The predicted molar refractivity (Wildman–Crippen MR) is 85.9 cm³/mol. The molecular weight excluding hydrogens is 296 g/mol. The second-order valence-electron chi connectivity index (χ2n) is 5.34. The first-order chi connectivity index (χ1) is 11.1. The summed E-state index contributed by atoms with van der Waals surface area (Å²) in [5.41, 5.74) is 1.68. The fourth-order valence-electron chi connectivity index (χ4n) is 2.71. The Bertz CT molecular complexity index is 836. The number of aliphatic hydroxyl groups is 2. The normalized spacial score (nSPS) is 14.0. The maximum atomic E-state index is 11.5. The Morgan fingerprint density at radius 2 is 1.87 bits per heavy atom. The van der Waals surface area contributed by atoms with E-state index in [-0.39, 0.29) is 13.0 Å². The first-order valence-electron chi connectivity index (χ1n) is 7.53. The summed E-state index contributed by atoms with van der Waals surface area (Å²) in [4.78, 5) is 11.5. The van der Waals surface area contributed by atoms with Gasteiger partial charge in [-0.25, -0.2) is 0 Å². The molecule has 0 amide bonds. The van der Waals surface area contributed by atoms with Crippen molar-refractivity contribution in [2.45, 2.75) is 25.6 Å². The third-order valence-electron chi connectivity index (χ3n) is 3.80. The number of furan rings is 1. The van der Waals surface area contributed by atoms with Crippen molar-refractivity contribution in [2.75, 3.05) is 6.61 Å². The number of ether oxygens (including phenoxy) is 1. The fraction of sp³-hybridized carbons (Fsp3) is 0.278. The third-order valence-corrected chi connectivity index (χ3v) is 3.80. The van der Waals surface area contributed by atoms with E-state index in [9.17, 15) is 15.0 Å².